The van der Waals surface area contributed by atoms with Crippen molar-refractivity contribution in [3.05, 3.63) is 47.8 Å². The smallest absolute Gasteiger partial charge is 0.406 e. The third-order valence-corrected chi connectivity index (χ3v) is 4.26. The van der Waals surface area contributed by atoms with Gasteiger partial charge in [-0.25, -0.2) is 9.97 Å². The molecular weight excluding hydrogens is 335 g/mol. The fourth-order valence-electron chi connectivity index (χ4n) is 2.94. The third kappa shape index (κ3) is 4.19. The number of anilines is 1. The fraction of sp³-hybridized carbons (Fsp3) is 0.412. The van der Waals surface area contributed by atoms with Gasteiger partial charge in [0.25, 0.3) is 0 Å². The Morgan fingerprint density at radius 3 is 2.56 bits per heavy atom. The molecule has 1 aliphatic heterocycles. The highest BCUT2D eigenvalue weighted by molar-refractivity contribution is 5.36. The number of hydrogen-bond donors (Lipinski definition) is 1. The molecule has 1 aliphatic rings. The van der Waals surface area contributed by atoms with Gasteiger partial charge in [-0.1, -0.05) is 12.1 Å². The van der Waals surface area contributed by atoms with Gasteiger partial charge in [-0.3, -0.25) is 0 Å². The van der Waals surface area contributed by atoms with E-state index in [0.717, 1.165) is 5.69 Å². The van der Waals surface area contributed by atoms with Gasteiger partial charge in [0.2, 0.25) is 5.95 Å². The minimum Gasteiger partial charge on any atom is -0.406 e. The molecule has 3 rings (SSSR count). The number of nitrogens with zero attached hydrogens (tertiary/aromatic N) is 3. The Kier molecular flexibility index (Phi) is 4.55. The molecule has 0 unspecified atom stereocenters. The van der Waals surface area contributed by atoms with Gasteiger partial charge >= 0.3 is 6.36 Å². The average Bonchev–Trinajstić information content (AvgIpc) is 2.54. The van der Waals surface area contributed by atoms with E-state index < -0.39 is 12.0 Å². The second-order valence-corrected chi connectivity index (χ2v) is 6.09. The monoisotopic (exact) mass is 353 g/mol. The molecule has 0 radical (unpaired) electrons. The van der Waals surface area contributed by atoms with Gasteiger partial charge in [0.1, 0.15) is 5.75 Å². The van der Waals surface area contributed by atoms with Crippen LogP contribution in [0, 0.1) is 6.92 Å². The molecule has 0 amide bonds. The van der Waals surface area contributed by atoms with E-state index in [1.54, 1.807) is 18.3 Å². The molecule has 0 atom stereocenters. The quantitative estimate of drug-likeness (QED) is 0.919. The van der Waals surface area contributed by atoms with Gasteiger partial charge in [0.15, 0.2) is 0 Å². The van der Waals surface area contributed by atoms with E-state index in [1.165, 1.54) is 18.2 Å². The molecule has 1 saturated heterocycles. The predicted octanol–water partition coefficient (Wildman–Crippen LogP) is 3.17. The lowest BCUT2D eigenvalue weighted by molar-refractivity contribution is -0.274. The van der Waals surface area contributed by atoms with Crippen molar-refractivity contribution in [3.63, 3.8) is 0 Å². The number of piperidine rings is 1. The summed E-state index contributed by atoms with van der Waals surface area (Å²) >= 11 is 0. The van der Waals surface area contributed by atoms with Crippen LogP contribution in [0.3, 0.4) is 0 Å². The highest BCUT2D eigenvalue weighted by atomic mass is 19.4. The summed E-state index contributed by atoms with van der Waals surface area (Å²) in [5, 5.41) is 10.9. The summed E-state index contributed by atoms with van der Waals surface area (Å²) in [4.78, 5) is 10.5. The molecule has 25 heavy (non-hydrogen) atoms. The molecule has 8 heteroatoms. The summed E-state index contributed by atoms with van der Waals surface area (Å²) in [7, 11) is 0. The molecule has 1 aromatic carbocycles. The lowest BCUT2D eigenvalue weighted by Gasteiger charge is -2.38. The van der Waals surface area contributed by atoms with Crippen molar-refractivity contribution in [1.82, 2.24) is 9.97 Å². The first-order valence-electron chi connectivity index (χ1n) is 7.88. The number of rotatable bonds is 3. The zero-order valence-corrected chi connectivity index (χ0v) is 13.6. The summed E-state index contributed by atoms with van der Waals surface area (Å²) in [5.74, 6) is 0.263. The molecule has 1 N–H and O–H groups in total. The molecule has 1 fully saturated rings. The predicted molar refractivity (Wildman–Crippen MR) is 85.2 cm³/mol. The van der Waals surface area contributed by atoms with Crippen LogP contribution in [0.2, 0.25) is 0 Å². The third-order valence-electron chi connectivity index (χ3n) is 4.26. The van der Waals surface area contributed by atoms with Crippen LogP contribution < -0.4 is 9.64 Å². The normalized spacial score (nSPS) is 17.4. The Bertz CT molecular complexity index is 744. The van der Waals surface area contributed by atoms with E-state index in [1.807, 2.05) is 11.8 Å². The van der Waals surface area contributed by atoms with E-state index in [2.05, 4.69) is 14.7 Å². The number of ether oxygens (including phenoxy) is 1. The van der Waals surface area contributed by atoms with Crippen LogP contribution in [0.25, 0.3) is 0 Å². The zero-order chi connectivity index (χ0) is 18.1. The molecule has 0 saturated carbocycles. The molecular formula is C17H18F3N3O2. The highest BCUT2D eigenvalue weighted by Crippen LogP contribution is 2.36. The number of hydrogen-bond acceptors (Lipinski definition) is 5. The van der Waals surface area contributed by atoms with Gasteiger partial charge in [-0.2, -0.15) is 0 Å². The Morgan fingerprint density at radius 2 is 1.92 bits per heavy atom. The van der Waals surface area contributed by atoms with Gasteiger partial charge in [0.05, 0.1) is 5.60 Å². The summed E-state index contributed by atoms with van der Waals surface area (Å²) in [6.45, 7) is 2.88. The molecule has 5 nitrogen and oxygen atoms in total. The molecule has 2 heterocycles. The Hall–Kier alpha value is -2.35. The van der Waals surface area contributed by atoms with E-state index in [0.29, 0.717) is 37.4 Å². The number of alkyl halides is 3. The zero-order valence-electron chi connectivity index (χ0n) is 13.6. The largest absolute Gasteiger partial charge is 0.573 e. The lowest BCUT2D eigenvalue weighted by Crippen LogP contribution is -2.43. The van der Waals surface area contributed by atoms with Crippen LogP contribution in [-0.2, 0) is 5.60 Å². The molecule has 2 aromatic rings. The van der Waals surface area contributed by atoms with Crippen molar-refractivity contribution < 1.29 is 23.0 Å². The van der Waals surface area contributed by atoms with E-state index in [4.69, 9.17) is 0 Å². The first kappa shape index (κ1) is 17.5. The summed E-state index contributed by atoms with van der Waals surface area (Å²) in [5.41, 5.74) is 0.0626. The number of benzene rings is 1. The van der Waals surface area contributed by atoms with Crippen molar-refractivity contribution in [1.29, 1.82) is 0 Å². The van der Waals surface area contributed by atoms with Gasteiger partial charge in [-0.15, -0.1) is 13.2 Å². The second kappa shape index (κ2) is 6.51. The van der Waals surface area contributed by atoms with Crippen LogP contribution in [0.1, 0.15) is 24.1 Å². The van der Waals surface area contributed by atoms with Gasteiger partial charge in [0, 0.05) is 25.0 Å². The Morgan fingerprint density at radius 1 is 1.20 bits per heavy atom. The van der Waals surface area contributed by atoms with Crippen LogP contribution in [0.4, 0.5) is 19.1 Å². The lowest BCUT2D eigenvalue weighted by atomic mass is 9.84. The van der Waals surface area contributed by atoms with Crippen molar-refractivity contribution in [2.75, 3.05) is 18.0 Å². The minimum absolute atomic E-state index is 0.331. The second-order valence-electron chi connectivity index (χ2n) is 6.09. The molecule has 0 bridgehead atoms. The maximum atomic E-state index is 12.4. The summed E-state index contributed by atoms with van der Waals surface area (Å²) in [6, 6.07) is 7.32. The fourth-order valence-corrected chi connectivity index (χ4v) is 2.94. The Balaban J connectivity index is 1.73. The molecule has 1 aromatic heterocycles. The van der Waals surface area contributed by atoms with E-state index in [9.17, 15) is 18.3 Å². The number of aliphatic hydroxyl groups is 1. The van der Waals surface area contributed by atoms with Crippen molar-refractivity contribution >= 4 is 5.95 Å². The average molecular weight is 353 g/mol. The molecule has 0 aliphatic carbocycles. The van der Waals surface area contributed by atoms with E-state index in [-0.39, 0.29) is 5.75 Å². The van der Waals surface area contributed by atoms with E-state index >= 15 is 0 Å². The SMILES string of the molecule is Cc1ccnc(N2CCC(O)(c3cccc(OC(F)(F)F)c3)CC2)n1. The number of aromatic nitrogens is 2. The van der Waals surface area contributed by atoms with Crippen LogP contribution >= 0.6 is 0 Å². The summed E-state index contributed by atoms with van der Waals surface area (Å²) < 4.78 is 41.1. The van der Waals surface area contributed by atoms with Crippen molar-refractivity contribution in [3.8, 4) is 5.75 Å². The summed E-state index contributed by atoms with van der Waals surface area (Å²) in [6.07, 6.45) is -2.36. The maximum absolute atomic E-state index is 12.4. The van der Waals surface area contributed by atoms with Crippen molar-refractivity contribution in [2.45, 2.75) is 31.7 Å². The number of aryl methyl sites for hydroxylation is 1. The Labute approximate surface area is 143 Å². The van der Waals surface area contributed by atoms with Crippen molar-refractivity contribution in [2.24, 2.45) is 0 Å². The topological polar surface area (TPSA) is 58.5 Å². The maximum Gasteiger partial charge on any atom is 0.573 e. The standard InChI is InChI=1S/C17H18F3N3O2/c1-12-5-8-21-15(22-12)23-9-6-16(24,7-10-23)13-3-2-4-14(11-13)25-17(18,19)20/h2-5,8,11,24H,6-7,9-10H2,1H3. The first-order valence-corrected chi connectivity index (χ1v) is 7.88. The molecule has 0 spiro atoms. The first-order chi connectivity index (χ1) is 11.8. The van der Waals surface area contributed by atoms with Crippen LogP contribution in [0.5, 0.6) is 5.75 Å². The van der Waals surface area contributed by atoms with Crippen LogP contribution in [-0.4, -0.2) is 34.5 Å². The highest BCUT2D eigenvalue weighted by Gasteiger charge is 2.36. The number of halogens is 3. The molecule has 134 valence electrons. The van der Waals surface area contributed by atoms with Gasteiger partial charge in [-0.05, 0) is 43.5 Å². The minimum atomic E-state index is -4.76. The van der Waals surface area contributed by atoms with Crippen LogP contribution in [0.15, 0.2) is 36.5 Å². The van der Waals surface area contributed by atoms with Gasteiger partial charge < -0.3 is 14.7 Å².